The van der Waals surface area contributed by atoms with Crippen molar-refractivity contribution in [1.82, 2.24) is 0 Å². The molecule has 0 aliphatic carbocycles. The number of amides is 1. The fourth-order valence-electron chi connectivity index (χ4n) is 1.59. The molecule has 5 nitrogen and oxygen atoms in total. The highest BCUT2D eigenvalue weighted by Crippen LogP contribution is 2.40. The normalized spacial score (nSPS) is 14.1. The van der Waals surface area contributed by atoms with E-state index in [9.17, 15) is 9.59 Å². The Labute approximate surface area is 92.6 Å². The van der Waals surface area contributed by atoms with Gasteiger partial charge in [0, 0.05) is 12.6 Å². The zero-order valence-electron chi connectivity index (χ0n) is 9.02. The molecular weight excluding hydrogens is 210 g/mol. The van der Waals surface area contributed by atoms with Crippen molar-refractivity contribution in [2.24, 2.45) is 0 Å². The maximum atomic E-state index is 11.4. The molecule has 0 unspecified atom stereocenters. The molecule has 16 heavy (non-hydrogen) atoms. The van der Waals surface area contributed by atoms with Crippen LogP contribution < -0.4 is 14.4 Å². The zero-order chi connectivity index (χ0) is 11.7. The third-order valence-corrected chi connectivity index (χ3v) is 2.49. The molecule has 5 heteroatoms. The van der Waals surface area contributed by atoms with Crippen LogP contribution in [0, 0.1) is 0 Å². The molecule has 1 amide bonds. The maximum absolute atomic E-state index is 11.4. The minimum absolute atomic E-state index is 0.0136. The molecule has 0 saturated heterocycles. The van der Waals surface area contributed by atoms with Crippen molar-refractivity contribution in [3.63, 3.8) is 0 Å². The van der Waals surface area contributed by atoms with Crippen LogP contribution in [0.15, 0.2) is 12.1 Å². The lowest BCUT2D eigenvalue weighted by atomic mass is 10.1. The molecule has 1 aromatic rings. The molecule has 0 fully saturated rings. The van der Waals surface area contributed by atoms with Gasteiger partial charge >= 0.3 is 0 Å². The molecule has 0 saturated carbocycles. The summed E-state index contributed by atoms with van der Waals surface area (Å²) in [6.45, 7) is -0.0136. The van der Waals surface area contributed by atoms with Gasteiger partial charge in [-0.15, -0.1) is 0 Å². The van der Waals surface area contributed by atoms with Gasteiger partial charge < -0.3 is 14.4 Å². The van der Waals surface area contributed by atoms with Crippen LogP contribution in [0.3, 0.4) is 0 Å². The van der Waals surface area contributed by atoms with Gasteiger partial charge in [-0.1, -0.05) is 0 Å². The Morgan fingerprint density at radius 1 is 1.50 bits per heavy atom. The highest BCUT2D eigenvalue weighted by molar-refractivity contribution is 5.99. The van der Waals surface area contributed by atoms with Crippen molar-refractivity contribution in [3.05, 3.63) is 17.7 Å². The van der Waals surface area contributed by atoms with Gasteiger partial charge in [-0.3, -0.25) is 9.59 Å². The van der Waals surface area contributed by atoms with Gasteiger partial charge in [-0.2, -0.15) is 0 Å². The summed E-state index contributed by atoms with van der Waals surface area (Å²) >= 11 is 0. The number of anilines is 1. The van der Waals surface area contributed by atoms with E-state index in [1.165, 1.54) is 12.0 Å². The quantitative estimate of drug-likeness (QED) is 0.695. The molecule has 0 spiro atoms. The van der Waals surface area contributed by atoms with Crippen molar-refractivity contribution in [1.29, 1.82) is 0 Å². The smallest absolute Gasteiger partial charge is 0.264 e. The molecule has 84 valence electrons. The number of hydrogen-bond donors (Lipinski definition) is 0. The van der Waals surface area contributed by atoms with E-state index in [1.807, 2.05) is 0 Å². The van der Waals surface area contributed by atoms with Gasteiger partial charge in [-0.25, -0.2) is 0 Å². The Balaban J connectivity index is 2.60. The number of carbonyl (C=O) groups excluding carboxylic acids is 2. The minimum Gasteiger partial charge on any atom is -0.493 e. The SMILES string of the molecule is COc1cc(C=O)cc2c1OCC(=O)N2C. The van der Waals surface area contributed by atoms with E-state index in [4.69, 9.17) is 9.47 Å². The number of fused-ring (bicyclic) bond motifs is 1. The fraction of sp³-hybridized carbons (Fsp3) is 0.273. The van der Waals surface area contributed by atoms with Crippen LogP contribution in [-0.4, -0.2) is 33.0 Å². The summed E-state index contributed by atoms with van der Waals surface area (Å²) in [5.41, 5.74) is 0.999. The topological polar surface area (TPSA) is 55.8 Å². The van der Waals surface area contributed by atoms with Gasteiger partial charge in [0.05, 0.1) is 12.8 Å². The number of methoxy groups -OCH3 is 1. The Bertz CT molecular complexity index is 456. The van der Waals surface area contributed by atoms with Gasteiger partial charge in [0.25, 0.3) is 5.91 Å². The van der Waals surface area contributed by atoms with Crippen LogP contribution in [-0.2, 0) is 4.79 Å². The Morgan fingerprint density at radius 2 is 2.25 bits per heavy atom. The van der Waals surface area contributed by atoms with Gasteiger partial charge in [0.2, 0.25) is 0 Å². The highest BCUT2D eigenvalue weighted by Gasteiger charge is 2.25. The van der Waals surface area contributed by atoms with E-state index in [0.29, 0.717) is 29.0 Å². The van der Waals surface area contributed by atoms with Crippen molar-refractivity contribution >= 4 is 17.9 Å². The molecule has 0 N–H and O–H groups in total. The molecule has 0 aromatic heterocycles. The second-order valence-corrected chi connectivity index (χ2v) is 3.43. The Hall–Kier alpha value is -2.04. The first-order valence-corrected chi connectivity index (χ1v) is 4.74. The first-order valence-electron chi connectivity index (χ1n) is 4.74. The monoisotopic (exact) mass is 221 g/mol. The molecule has 1 aromatic carbocycles. The Morgan fingerprint density at radius 3 is 2.88 bits per heavy atom. The van der Waals surface area contributed by atoms with Crippen LogP contribution in [0.5, 0.6) is 11.5 Å². The molecule has 1 aliphatic rings. The van der Waals surface area contributed by atoms with Crippen molar-refractivity contribution in [2.75, 3.05) is 25.7 Å². The third-order valence-electron chi connectivity index (χ3n) is 2.49. The van der Waals surface area contributed by atoms with E-state index in [-0.39, 0.29) is 12.5 Å². The standard InChI is InChI=1S/C11H11NO4/c1-12-8-3-7(5-13)4-9(15-2)11(8)16-6-10(12)14/h3-5H,6H2,1-2H3. The number of benzene rings is 1. The maximum Gasteiger partial charge on any atom is 0.264 e. The number of carbonyl (C=O) groups is 2. The lowest BCUT2D eigenvalue weighted by Crippen LogP contribution is -2.35. The lowest BCUT2D eigenvalue weighted by molar-refractivity contribution is -0.121. The average molecular weight is 221 g/mol. The van der Waals surface area contributed by atoms with E-state index in [0.717, 1.165) is 0 Å². The van der Waals surface area contributed by atoms with Crippen molar-refractivity contribution in [3.8, 4) is 11.5 Å². The molecule has 1 heterocycles. The van der Waals surface area contributed by atoms with Crippen LogP contribution in [0.4, 0.5) is 5.69 Å². The number of ether oxygens (including phenoxy) is 2. The summed E-state index contributed by atoms with van der Waals surface area (Å²) in [5, 5.41) is 0. The third kappa shape index (κ3) is 1.50. The van der Waals surface area contributed by atoms with Gasteiger partial charge in [0.1, 0.15) is 6.29 Å². The summed E-state index contributed by atoms with van der Waals surface area (Å²) in [5.74, 6) is 0.798. The summed E-state index contributed by atoms with van der Waals surface area (Å²) in [6, 6.07) is 3.18. The predicted molar refractivity (Wildman–Crippen MR) is 57.3 cm³/mol. The second kappa shape index (κ2) is 3.84. The second-order valence-electron chi connectivity index (χ2n) is 3.43. The number of likely N-dealkylation sites (N-methyl/N-ethyl adjacent to an activating group) is 1. The number of hydrogen-bond acceptors (Lipinski definition) is 4. The fourth-order valence-corrected chi connectivity index (χ4v) is 1.59. The summed E-state index contributed by atoms with van der Waals surface area (Å²) in [6.07, 6.45) is 0.704. The first-order chi connectivity index (χ1) is 7.67. The highest BCUT2D eigenvalue weighted by atomic mass is 16.5. The molecular formula is C11H11NO4. The van der Waals surface area contributed by atoms with Crippen LogP contribution in [0.2, 0.25) is 0 Å². The van der Waals surface area contributed by atoms with Crippen LogP contribution in [0.1, 0.15) is 10.4 Å². The zero-order valence-corrected chi connectivity index (χ0v) is 9.02. The summed E-state index contributed by atoms with van der Waals surface area (Å²) in [4.78, 5) is 23.6. The molecule has 0 atom stereocenters. The minimum atomic E-state index is -0.155. The molecule has 2 rings (SSSR count). The lowest BCUT2D eigenvalue weighted by Gasteiger charge is -2.27. The molecule has 0 radical (unpaired) electrons. The van der Waals surface area contributed by atoms with E-state index in [1.54, 1.807) is 19.2 Å². The summed E-state index contributed by atoms with van der Waals surface area (Å²) < 4.78 is 10.4. The van der Waals surface area contributed by atoms with Crippen molar-refractivity contribution < 1.29 is 19.1 Å². The number of nitrogens with zero attached hydrogens (tertiary/aromatic N) is 1. The van der Waals surface area contributed by atoms with Gasteiger partial charge in [0.15, 0.2) is 18.1 Å². The van der Waals surface area contributed by atoms with Gasteiger partial charge in [-0.05, 0) is 12.1 Å². The van der Waals surface area contributed by atoms with E-state index >= 15 is 0 Å². The Kier molecular flexibility index (Phi) is 2.52. The first kappa shape index (κ1) is 10.5. The van der Waals surface area contributed by atoms with E-state index in [2.05, 4.69) is 0 Å². The summed E-state index contributed by atoms with van der Waals surface area (Å²) in [7, 11) is 3.13. The van der Waals surface area contributed by atoms with E-state index < -0.39 is 0 Å². The number of rotatable bonds is 2. The average Bonchev–Trinajstić information content (AvgIpc) is 2.32. The van der Waals surface area contributed by atoms with Crippen LogP contribution in [0.25, 0.3) is 0 Å². The van der Waals surface area contributed by atoms with Crippen molar-refractivity contribution in [2.45, 2.75) is 0 Å². The predicted octanol–water partition coefficient (Wildman–Crippen LogP) is 0.863. The molecule has 0 bridgehead atoms. The largest absolute Gasteiger partial charge is 0.493 e. The van der Waals surface area contributed by atoms with Crippen LogP contribution >= 0.6 is 0 Å². The number of aldehydes is 1. The molecule has 1 aliphatic heterocycles.